The normalized spacial score (nSPS) is 15.9. The Labute approximate surface area is 190 Å². The molecule has 1 unspecified atom stereocenters. The first-order valence-electron chi connectivity index (χ1n) is 10.2. The van der Waals surface area contributed by atoms with Gasteiger partial charge in [-0.15, -0.1) is 0 Å². The highest BCUT2D eigenvalue weighted by molar-refractivity contribution is 6.08. The second kappa shape index (κ2) is 8.89. The number of hydrogen-bond acceptors (Lipinski definition) is 7. The molecule has 3 aromatic rings. The van der Waals surface area contributed by atoms with Gasteiger partial charge in [-0.25, -0.2) is 9.59 Å². The molecular formula is C26H21N3O4. The van der Waals surface area contributed by atoms with E-state index in [2.05, 4.69) is 6.07 Å². The van der Waals surface area contributed by atoms with Crippen molar-refractivity contribution < 1.29 is 19.1 Å². The summed E-state index contributed by atoms with van der Waals surface area (Å²) in [6, 6.07) is 24.1. The van der Waals surface area contributed by atoms with Gasteiger partial charge in [0.1, 0.15) is 11.5 Å². The fraction of sp³-hybridized carbons (Fsp3) is 0.115. The van der Waals surface area contributed by atoms with E-state index in [1.807, 2.05) is 42.5 Å². The van der Waals surface area contributed by atoms with Crippen molar-refractivity contribution in [1.29, 1.82) is 5.26 Å². The minimum absolute atomic E-state index is 0.0192. The molecule has 1 atom stereocenters. The first-order valence-corrected chi connectivity index (χ1v) is 10.2. The minimum Gasteiger partial charge on any atom is -0.466 e. The van der Waals surface area contributed by atoms with Gasteiger partial charge in [-0.05, 0) is 17.0 Å². The highest BCUT2D eigenvalue weighted by Crippen LogP contribution is 2.44. The first kappa shape index (κ1) is 21.7. The predicted molar refractivity (Wildman–Crippen MR) is 123 cm³/mol. The molecule has 0 spiro atoms. The summed E-state index contributed by atoms with van der Waals surface area (Å²) < 4.78 is 10.1. The Balaban J connectivity index is 2.12. The maximum atomic E-state index is 13.1. The molecule has 2 N–H and O–H groups in total. The van der Waals surface area contributed by atoms with Crippen molar-refractivity contribution in [2.45, 2.75) is 5.92 Å². The number of hydrogen-bond donors (Lipinski definition) is 1. The molecule has 0 saturated carbocycles. The third kappa shape index (κ3) is 3.58. The summed E-state index contributed by atoms with van der Waals surface area (Å²) in [6.45, 7) is 0. The standard InChI is InChI=1S/C26H21N3O4/c1-32-25(30)22-21(17-10-4-3-5-11-17)19(15-27)24(28)29(23(22)26(31)33-2)20-14-8-12-16-9-6-7-13-18(16)20/h3-14,21H,28H2,1-2H3. The summed E-state index contributed by atoms with van der Waals surface area (Å²) >= 11 is 0. The quantitative estimate of drug-likeness (QED) is 0.617. The number of carbonyl (C=O) groups excluding carboxylic acids is 2. The molecule has 7 heteroatoms. The van der Waals surface area contributed by atoms with Gasteiger partial charge in [0, 0.05) is 5.39 Å². The lowest BCUT2D eigenvalue weighted by atomic mass is 9.80. The summed E-state index contributed by atoms with van der Waals surface area (Å²) in [5, 5.41) is 11.8. The van der Waals surface area contributed by atoms with Crippen LogP contribution >= 0.6 is 0 Å². The van der Waals surface area contributed by atoms with Crippen molar-refractivity contribution in [1.82, 2.24) is 0 Å². The van der Waals surface area contributed by atoms with Gasteiger partial charge in [-0.2, -0.15) is 5.26 Å². The lowest BCUT2D eigenvalue weighted by Gasteiger charge is -2.36. The average Bonchev–Trinajstić information content (AvgIpc) is 2.87. The van der Waals surface area contributed by atoms with Crippen LogP contribution in [0.15, 0.2) is 95.5 Å². The van der Waals surface area contributed by atoms with Gasteiger partial charge in [0.05, 0.1) is 43.0 Å². The number of nitrogens with zero attached hydrogens (tertiary/aromatic N) is 2. The maximum absolute atomic E-state index is 13.1. The Morgan fingerprint density at radius 2 is 1.55 bits per heavy atom. The van der Waals surface area contributed by atoms with Crippen molar-refractivity contribution in [3.8, 4) is 6.07 Å². The van der Waals surface area contributed by atoms with Crippen LogP contribution < -0.4 is 10.6 Å². The van der Waals surface area contributed by atoms with Gasteiger partial charge < -0.3 is 15.2 Å². The predicted octanol–water partition coefficient (Wildman–Crippen LogP) is 3.74. The summed E-state index contributed by atoms with van der Waals surface area (Å²) in [5.41, 5.74) is 7.73. The number of carbonyl (C=O) groups is 2. The van der Waals surface area contributed by atoms with E-state index in [4.69, 9.17) is 15.2 Å². The summed E-state index contributed by atoms with van der Waals surface area (Å²) in [7, 11) is 2.45. The smallest absolute Gasteiger partial charge is 0.355 e. The van der Waals surface area contributed by atoms with E-state index in [1.165, 1.54) is 19.1 Å². The van der Waals surface area contributed by atoms with Crippen molar-refractivity contribution in [3.63, 3.8) is 0 Å². The van der Waals surface area contributed by atoms with E-state index in [0.717, 1.165) is 10.8 Å². The number of rotatable bonds is 4. The second-order valence-electron chi connectivity index (χ2n) is 7.33. The largest absolute Gasteiger partial charge is 0.466 e. The van der Waals surface area contributed by atoms with Crippen LogP contribution in [0.25, 0.3) is 10.8 Å². The monoisotopic (exact) mass is 439 g/mol. The lowest BCUT2D eigenvalue weighted by Crippen LogP contribution is -2.40. The zero-order valence-electron chi connectivity index (χ0n) is 18.1. The molecule has 0 aromatic heterocycles. The highest BCUT2D eigenvalue weighted by atomic mass is 16.5. The molecule has 1 heterocycles. The fourth-order valence-electron chi connectivity index (χ4n) is 4.17. The molecule has 0 saturated heterocycles. The lowest BCUT2D eigenvalue weighted by molar-refractivity contribution is -0.139. The molecule has 0 aliphatic carbocycles. The molecule has 0 fully saturated rings. The van der Waals surface area contributed by atoms with E-state index in [0.29, 0.717) is 11.3 Å². The molecule has 1 aliphatic heterocycles. The fourth-order valence-corrected chi connectivity index (χ4v) is 4.17. The number of benzene rings is 3. The van der Waals surface area contributed by atoms with Crippen LogP contribution in [0.4, 0.5) is 5.69 Å². The number of ether oxygens (including phenoxy) is 2. The third-order valence-corrected chi connectivity index (χ3v) is 5.62. The van der Waals surface area contributed by atoms with Gasteiger partial charge in [0.25, 0.3) is 0 Å². The molecular weight excluding hydrogens is 418 g/mol. The Hall–Kier alpha value is -4.57. The number of methoxy groups -OCH3 is 2. The molecule has 3 aromatic carbocycles. The van der Waals surface area contributed by atoms with Crippen LogP contribution in [0.1, 0.15) is 11.5 Å². The molecule has 33 heavy (non-hydrogen) atoms. The van der Waals surface area contributed by atoms with Gasteiger partial charge in [0.15, 0.2) is 0 Å². The molecule has 4 rings (SSSR count). The van der Waals surface area contributed by atoms with Crippen LogP contribution in [-0.2, 0) is 19.1 Å². The van der Waals surface area contributed by atoms with E-state index >= 15 is 0 Å². The van der Waals surface area contributed by atoms with Crippen LogP contribution in [0.5, 0.6) is 0 Å². The molecule has 0 amide bonds. The zero-order valence-corrected chi connectivity index (χ0v) is 18.1. The number of nitrogens with two attached hydrogens (primary N) is 1. The SMILES string of the molecule is COC(=O)C1=C(C(=O)OC)N(c2cccc3ccccc23)C(N)=C(C#N)C1c1ccccc1. The Morgan fingerprint density at radius 1 is 0.909 bits per heavy atom. The number of esters is 2. The topological polar surface area (TPSA) is 106 Å². The summed E-state index contributed by atoms with van der Waals surface area (Å²) in [4.78, 5) is 27.7. The molecule has 1 aliphatic rings. The van der Waals surface area contributed by atoms with E-state index in [1.54, 1.807) is 30.3 Å². The van der Waals surface area contributed by atoms with E-state index in [-0.39, 0.29) is 22.7 Å². The first-order chi connectivity index (χ1) is 16.0. The van der Waals surface area contributed by atoms with Crippen LogP contribution in [-0.4, -0.2) is 26.2 Å². The number of allylic oxidation sites excluding steroid dienone is 1. The van der Waals surface area contributed by atoms with Gasteiger partial charge >= 0.3 is 11.9 Å². The van der Waals surface area contributed by atoms with Gasteiger partial charge in [-0.1, -0.05) is 66.7 Å². The zero-order chi connectivity index (χ0) is 23.5. The Bertz CT molecular complexity index is 1350. The van der Waals surface area contributed by atoms with Crippen LogP contribution in [0.2, 0.25) is 0 Å². The van der Waals surface area contributed by atoms with Crippen molar-refractivity contribution in [3.05, 3.63) is 101 Å². The summed E-state index contributed by atoms with van der Waals surface area (Å²) in [5.74, 6) is -2.39. The van der Waals surface area contributed by atoms with Crippen LogP contribution in [0.3, 0.4) is 0 Å². The third-order valence-electron chi connectivity index (χ3n) is 5.62. The van der Waals surface area contributed by atoms with Crippen molar-refractivity contribution in [2.75, 3.05) is 19.1 Å². The Kier molecular flexibility index (Phi) is 5.83. The van der Waals surface area contributed by atoms with Gasteiger partial charge in [0.2, 0.25) is 0 Å². The minimum atomic E-state index is -0.899. The van der Waals surface area contributed by atoms with E-state index < -0.39 is 17.9 Å². The molecule has 0 radical (unpaired) electrons. The highest BCUT2D eigenvalue weighted by Gasteiger charge is 2.43. The van der Waals surface area contributed by atoms with Crippen molar-refractivity contribution >= 4 is 28.4 Å². The Morgan fingerprint density at radius 3 is 2.21 bits per heavy atom. The maximum Gasteiger partial charge on any atom is 0.355 e. The number of fused-ring (bicyclic) bond motifs is 1. The molecule has 0 bridgehead atoms. The number of anilines is 1. The van der Waals surface area contributed by atoms with Crippen molar-refractivity contribution in [2.24, 2.45) is 5.73 Å². The molecule has 164 valence electrons. The second-order valence-corrected chi connectivity index (χ2v) is 7.33. The summed E-state index contributed by atoms with van der Waals surface area (Å²) in [6.07, 6.45) is 0. The molecule has 7 nitrogen and oxygen atoms in total. The van der Waals surface area contributed by atoms with Crippen LogP contribution in [0, 0.1) is 11.3 Å². The van der Waals surface area contributed by atoms with Gasteiger partial charge in [-0.3, -0.25) is 4.90 Å². The average molecular weight is 439 g/mol. The van der Waals surface area contributed by atoms with E-state index in [9.17, 15) is 14.9 Å². The number of nitriles is 1.